The van der Waals surface area contributed by atoms with E-state index in [4.69, 9.17) is 9.47 Å². The SMILES string of the molecule is COc1ccccc1O[C@@H](C)C(=O)NC(C(C)C)C(C)C. The van der Waals surface area contributed by atoms with E-state index in [1.165, 1.54) is 0 Å². The van der Waals surface area contributed by atoms with E-state index in [2.05, 4.69) is 33.0 Å². The lowest BCUT2D eigenvalue weighted by Crippen LogP contribution is -2.47. The molecule has 1 atom stereocenters. The molecule has 1 N–H and O–H groups in total. The van der Waals surface area contributed by atoms with Crippen molar-refractivity contribution in [1.82, 2.24) is 5.32 Å². The Kier molecular flexibility index (Phi) is 6.53. The summed E-state index contributed by atoms with van der Waals surface area (Å²) in [7, 11) is 1.58. The number of para-hydroxylation sites is 2. The van der Waals surface area contributed by atoms with Crippen LogP contribution in [0.1, 0.15) is 34.6 Å². The van der Waals surface area contributed by atoms with Crippen LogP contribution in [-0.4, -0.2) is 25.2 Å². The fourth-order valence-electron chi connectivity index (χ4n) is 2.34. The van der Waals surface area contributed by atoms with Crippen LogP contribution in [0.3, 0.4) is 0 Å². The van der Waals surface area contributed by atoms with Crippen molar-refractivity contribution in [2.45, 2.75) is 46.8 Å². The van der Waals surface area contributed by atoms with Gasteiger partial charge in [-0.15, -0.1) is 0 Å². The summed E-state index contributed by atoms with van der Waals surface area (Å²) in [4.78, 5) is 12.3. The van der Waals surface area contributed by atoms with Crippen LogP contribution >= 0.6 is 0 Å². The topological polar surface area (TPSA) is 47.6 Å². The molecule has 4 nitrogen and oxygen atoms in total. The van der Waals surface area contributed by atoms with E-state index in [9.17, 15) is 4.79 Å². The lowest BCUT2D eigenvalue weighted by Gasteiger charge is -2.27. The molecular formula is C17H27NO3. The first kappa shape index (κ1) is 17.3. The summed E-state index contributed by atoms with van der Waals surface area (Å²) in [6, 6.07) is 7.47. The average molecular weight is 293 g/mol. The predicted molar refractivity (Wildman–Crippen MR) is 84.7 cm³/mol. The molecule has 21 heavy (non-hydrogen) atoms. The molecule has 0 saturated carbocycles. The van der Waals surface area contributed by atoms with Gasteiger partial charge in [-0.05, 0) is 30.9 Å². The Hall–Kier alpha value is -1.71. The zero-order chi connectivity index (χ0) is 16.0. The van der Waals surface area contributed by atoms with Gasteiger partial charge in [0.25, 0.3) is 5.91 Å². The van der Waals surface area contributed by atoms with E-state index in [1.54, 1.807) is 20.1 Å². The molecule has 0 fully saturated rings. The van der Waals surface area contributed by atoms with Crippen LogP contribution in [0.25, 0.3) is 0 Å². The normalized spacial score (nSPS) is 12.6. The Balaban J connectivity index is 2.70. The minimum Gasteiger partial charge on any atom is -0.493 e. The molecule has 1 rings (SSSR count). The second-order valence-corrected chi connectivity index (χ2v) is 5.93. The molecule has 0 saturated heterocycles. The van der Waals surface area contributed by atoms with Crippen LogP contribution < -0.4 is 14.8 Å². The van der Waals surface area contributed by atoms with Crippen molar-refractivity contribution in [1.29, 1.82) is 0 Å². The molecule has 0 bridgehead atoms. The van der Waals surface area contributed by atoms with E-state index in [0.29, 0.717) is 23.3 Å². The average Bonchev–Trinajstić information content (AvgIpc) is 2.44. The van der Waals surface area contributed by atoms with Gasteiger partial charge in [-0.25, -0.2) is 0 Å². The van der Waals surface area contributed by atoms with Gasteiger partial charge >= 0.3 is 0 Å². The maximum absolute atomic E-state index is 12.3. The first-order valence-corrected chi connectivity index (χ1v) is 7.46. The summed E-state index contributed by atoms with van der Waals surface area (Å²) in [6.07, 6.45) is -0.568. The van der Waals surface area contributed by atoms with Crippen molar-refractivity contribution in [2.24, 2.45) is 11.8 Å². The minimum absolute atomic E-state index is 0.103. The molecule has 0 aliphatic carbocycles. The molecule has 0 radical (unpaired) electrons. The van der Waals surface area contributed by atoms with E-state index >= 15 is 0 Å². The molecule has 0 heterocycles. The van der Waals surface area contributed by atoms with Gasteiger partial charge in [-0.1, -0.05) is 39.8 Å². The number of carbonyl (C=O) groups is 1. The number of ether oxygens (including phenoxy) is 2. The van der Waals surface area contributed by atoms with Gasteiger partial charge in [-0.3, -0.25) is 4.79 Å². The molecule has 1 aromatic rings. The third kappa shape index (κ3) is 4.96. The first-order chi connectivity index (χ1) is 9.86. The zero-order valence-corrected chi connectivity index (χ0v) is 13.8. The first-order valence-electron chi connectivity index (χ1n) is 7.46. The second kappa shape index (κ2) is 7.91. The fraction of sp³-hybridized carbons (Fsp3) is 0.588. The van der Waals surface area contributed by atoms with Gasteiger partial charge < -0.3 is 14.8 Å². The van der Waals surface area contributed by atoms with Crippen LogP contribution in [0.15, 0.2) is 24.3 Å². The summed E-state index contributed by atoms with van der Waals surface area (Å²) in [6.45, 7) is 10.2. The molecular weight excluding hydrogens is 266 g/mol. The monoisotopic (exact) mass is 293 g/mol. The molecule has 1 amide bonds. The lowest BCUT2D eigenvalue weighted by molar-refractivity contribution is -0.128. The number of benzene rings is 1. The molecule has 0 aliphatic rings. The maximum atomic E-state index is 12.3. The molecule has 0 aliphatic heterocycles. The van der Waals surface area contributed by atoms with Crippen molar-refractivity contribution in [3.05, 3.63) is 24.3 Å². The zero-order valence-electron chi connectivity index (χ0n) is 13.8. The Labute approximate surface area is 127 Å². The van der Waals surface area contributed by atoms with Gasteiger partial charge in [0.2, 0.25) is 0 Å². The van der Waals surface area contributed by atoms with E-state index in [-0.39, 0.29) is 11.9 Å². The molecule has 1 aromatic carbocycles. The number of hydrogen-bond acceptors (Lipinski definition) is 3. The maximum Gasteiger partial charge on any atom is 0.261 e. The van der Waals surface area contributed by atoms with Crippen LogP contribution in [0.2, 0.25) is 0 Å². The van der Waals surface area contributed by atoms with Crippen LogP contribution in [0, 0.1) is 11.8 Å². The summed E-state index contributed by atoms with van der Waals surface area (Å²) in [5.74, 6) is 1.86. The third-order valence-corrected chi connectivity index (χ3v) is 3.49. The summed E-state index contributed by atoms with van der Waals surface area (Å²) in [5, 5.41) is 3.07. The van der Waals surface area contributed by atoms with Crippen molar-refractivity contribution in [3.8, 4) is 11.5 Å². The van der Waals surface area contributed by atoms with Crippen molar-refractivity contribution in [2.75, 3.05) is 7.11 Å². The molecule has 0 aromatic heterocycles. The highest BCUT2D eigenvalue weighted by Gasteiger charge is 2.24. The number of methoxy groups -OCH3 is 1. The largest absolute Gasteiger partial charge is 0.493 e. The fourth-order valence-corrected chi connectivity index (χ4v) is 2.34. The summed E-state index contributed by atoms with van der Waals surface area (Å²) < 4.78 is 10.9. The summed E-state index contributed by atoms with van der Waals surface area (Å²) in [5.41, 5.74) is 0. The van der Waals surface area contributed by atoms with Crippen molar-refractivity contribution >= 4 is 5.91 Å². The predicted octanol–water partition coefficient (Wildman–Crippen LogP) is 3.26. The van der Waals surface area contributed by atoms with Crippen LogP contribution in [0.4, 0.5) is 0 Å². The highest BCUT2D eigenvalue weighted by atomic mass is 16.5. The molecule has 0 unspecified atom stereocenters. The van der Waals surface area contributed by atoms with Crippen molar-refractivity contribution in [3.63, 3.8) is 0 Å². The Morgan fingerprint density at radius 2 is 1.52 bits per heavy atom. The highest BCUT2D eigenvalue weighted by molar-refractivity contribution is 5.81. The second-order valence-electron chi connectivity index (χ2n) is 5.93. The van der Waals surface area contributed by atoms with Crippen molar-refractivity contribution < 1.29 is 14.3 Å². The Bertz CT molecular complexity index is 449. The standard InChI is InChI=1S/C17H27NO3/c1-11(2)16(12(3)4)18-17(19)13(5)21-15-10-8-7-9-14(15)20-6/h7-13,16H,1-6H3,(H,18,19)/t13-/m0/s1. The number of carbonyl (C=O) groups excluding carboxylic acids is 1. The van der Waals surface area contributed by atoms with E-state index in [0.717, 1.165) is 0 Å². The summed E-state index contributed by atoms with van der Waals surface area (Å²) >= 11 is 0. The third-order valence-electron chi connectivity index (χ3n) is 3.49. The lowest BCUT2D eigenvalue weighted by atomic mass is 9.93. The molecule has 118 valence electrons. The van der Waals surface area contributed by atoms with Crippen LogP contribution in [0.5, 0.6) is 11.5 Å². The van der Waals surface area contributed by atoms with Gasteiger partial charge in [-0.2, -0.15) is 0 Å². The Morgan fingerprint density at radius 1 is 1.00 bits per heavy atom. The molecule has 0 spiro atoms. The van der Waals surface area contributed by atoms with Gasteiger partial charge in [0, 0.05) is 6.04 Å². The van der Waals surface area contributed by atoms with E-state index < -0.39 is 6.10 Å². The van der Waals surface area contributed by atoms with Gasteiger partial charge in [0.15, 0.2) is 17.6 Å². The van der Waals surface area contributed by atoms with Gasteiger partial charge in [0.05, 0.1) is 7.11 Å². The quantitative estimate of drug-likeness (QED) is 0.839. The number of nitrogens with one attached hydrogen (secondary N) is 1. The Morgan fingerprint density at radius 3 is 2.00 bits per heavy atom. The smallest absolute Gasteiger partial charge is 0.261 e. The van der Waals surface area contributed by atoms with E-state index in [1.807, 2.05) is 18.2 Å². The number of rotatable bonds is 7. The van der Waals surface area contributed by atoms with Crippen LogP contribution in [-0.2, 0) is 4.79 Å². The molecule has 4 heteroatoms. The number of hydrogen-bond donors (Lipinski definition) is 1. The highest BCUT2D eigenvalue weighted by Crippen LogP contribution is 2.26. The van der Waals surface area contributed by atoms with Gasteiger partial charge in [0.1, 0.15) is 0 Å². The number of amides is 1. The minimum atomic E-state index is -0.568.